The molecule has 88 valence electrons. The lowest BCUT2D eigenvalue weighted by Crippen LogP contribution is -2.11. The van der Waals surface area contributed by atoms with Gasteiger partial charge in [-0.25, -0.2) is 4.98 Å². The Balaban J connectivity index is 2.23. The highest BCUT2D eigenvalue weighted by atomic mass is 15.2. The number of pyridine rings is 1. The quantitative estimate of drug-likeness (QED) is 0.876. The molecule has 0 amide bonds. The third-order valence-corrected chi connectivity index (χ3v) is 2.80. The van der Waals surface area contributed by atoms with Crippen molar-refractivity contribution >= 4 is 11.5 Å². The lowest BCUT2D eigenvalue weighted by molar-refractivity contribution is 1.06. The van der Waals surface area contributed by atoms with Crippen molar-refractivity contribution in [3.8, 4) is 0 Å². The van der Waals surface area contributed by atoms with Crippen LogP contribution in [-0.2, 0) is 6.54 Å². The van der Waals surface area contributed by atoms with Gasteiger partial charge in [0.2, 0.25) is 0 Å². The van der Waals surface area contributed by atoms with Gasteiger partial charge in [0.25, 0.3) is 0 Å². The van der Waals surface area contributed by atoms with E-state index >= 15 is 0 Å². The summed E-state index contributed by atoms with van der Waals surface area (Å²) in [6.07, 6.45) is 1.88. The molecule has 3 nitrogen and oxygen atoms in total. The largest absolute Gasteiger partial charge is 0.329 e. The summed E-state index contributed by atoms with van der Waals surface area (Å²) in [6, 6.07) is 12.3. The molecule has 0 saturated carbocycles. The van der Waals surface area contributed by atoms with E-state index in [1.807, 2.05) is 38.4 Å². The van der Waals surface area contributed by atoms with Crippen LogP contribution in [0, 0.1) is 6.92 Å². The summed E-state index contributed by atoms with van der Waals surface area (Å²) in [6.45, 7) is 2.61. The van der Waals surface area contributed by atoms with E-state index in [4.69, 9.17) is 5.73 Å². The predicted octanol–water partition coefficient (Wildman–Crippen LogP) is 2.62. The van der Waals surface area contributed by atoms with Gasteiger partial charge in [-0.05, 0) is 36.2 Å². The molecule has 2 aromatic rings. The van der Waals surface area contributed by atoms with Gasteiger partial charge in [0.15, 0.2) is 0 Å². The van der Waals surface area contributed by atoms with E-state index in [1.54, 1.807) is 0 Å². The first-order valence-electron chi connectivity index (χ1n) is 5.66. The van der Waals surface area contributed by atoms with Crippen molar-refractivity contribution in [1.29, 1.82) is 0 Å². The summed E-state index contributed by atoms with van der Waals surface area (Å²) < 4.78 is 0. The molecule has 0 aliphatic heterocycles. The number of aryl methyl sites for hydroxylation is 1. The maximum Gasteiger partial charge on any atom is 0.132 e. The maximum atomic E-state index is 5.58. The van der Waals surface area contributed by atoms with Crippen LogP contribution in [0.5, 0.6) is 0 Å². The van der Waals surface area contributed by atoms with E-state index < -0.39 is 0 Å². The fourth-order valence-corrected chi connectivity index (χ4v) is 1.65. The number of aromatic nitrogens is 1. The molecular formula is C14H17N3. The van der Waals surface area contributed by atoms with Crippen molar-refractivity contribution in [3.63, 3.8) is 0 Å². The van der Waals surface area contributed by atoms with Crippen LogP contribution < -0.4 is 10.6 Å². The second-order valence-electron chi connectivity index (χ2n) is 4.12. The minimum absolute atomic E-state index is 0.576. The average Bonchev–Trinajstić information content (AvgIpc) is 2.39. The first kappa shape index (κ1) is 11.6. The Morgan fingerprint density at radius 1 is 1.12 bits per heavy atom. The zero-order chi connectivity index (χ0) is 12.3. The molecule has 1 aromatic heterocycles. The molecule has 1 aromatic carbocycles. The Hall–Kier alpha value is -1.87. The second-order valence-corrected chi connectivity index (χ2v) is 4.12. The third kappa shape index (κ3) is 2.63. The van der Waals surface area contributed by atoms with Gasteiger partial charge in [-0.3, -0.25) is 0 Å². The number of nitrogens with zero attached hydrogens (tertiary/aromatic N) is 2. The molecular weight excluding hydrogens is 210 g/mol. The maximum absolute atomic E-state index is 5.58. The van der Waals surface area contributed by atoms with E-state index in [1.165, 1.54) is 5.56 Å². The van der Waals surface area contributed by atoms with Gasteiger partial charge >= 0.3 is 0 Å². The van der Waals surface area contributed by atoms with Gasteiger partial charge in [-0.15, -0.1) is 0 Å². The summed E-state index contributed by atoms with van der Waals surface area (Å²) in [5.74, 6) is 0.941. The molecule has 1 heterocycles. The SMILES string of the molecule is Cc1ccc(N(C)c2ccc(CN)cc2)nc1. The van der Waals surface area contributed by atoms with Crippen LogP contribution in [0.15, 0.2) is 42.6 Å². The highest BCUT2D eigenvalue weighted by Crippen LogP contribution is 2.21. The molecule has 0 bridgehead atoms. The Morgan fingerprint density at radius 3 is 2.35 bits per heavy atom. The molecule has 0 saturated heterocycles. The number of hydrogen-bond acceptors (Lipinski definition) is 3. The topological polar surface area (TPSA) is 42.1 Å². The fraction of sp³-hybridized carbons (Fsp3) is 0.214. The van der Waals surface area contributed by atoms with E-state index in [0.717, 1.165) is 17.1 Å². The third-order valence-electron chi connectivity index (χ3n) is 2.80. The van der Waals surface area contributed by atoms with Crippen molar-refractivity contribution in [2.24, 2.45) is 5.73 Å². The average molecular weight is 227 g/mol. The smallest absolute Gasteiger partial charge is 0.132 e. The molecule has 0 atom stereocenters. The minimum atomic E-state index is 0.576. The van der Waals surface area contributed by atoms with Gasteiger partial charge < -0.3 is 10.6 Å². The molecule has 0 radical (unpaired) electrons. The zero-order valence-corrected chi connectivity index (χ0v) is 10.2. The monoisotopic (exact) mass is 227 g/mol. The van der Waals surface area contributed by atoms with Crippen molar-refractivity contribution in [2.45, 2.75) is 13.5 Å². The van der Waals surface area contributed by atoms with Crippen molar-refractivity contribution in [1.82, 2.24) is 4.98 Å². The molecule has 0 aliphatic carbocycles. The Kier molecular flexibility index (Phi) is 3.40. The van der Waals surface area contributed by atoms with Crippen LogP contribution in [-0.4, -0.2) is 12.0 Å². The van der Waals surface area contributed by atoms with Crippen LogP contribution in [0.2, 0.25) is 0 Å². The summed E-state index contributed by atoms with van der Waals surface area (Å²) in [7, 11) is 2.01. The highest BCUT2D eigenvalue weighted by Gasteiger charge is 2.04. The fourth-order valence-electron chi connectivity index (χ4n) is 1.65. The van der Waals surface area contributed by atoms with Gasteiger partial charge in [-0.1, -0.05) is 18.2 Å². The predicted molar refractivity (Wildman–Crippen MR) is 71.4 cm³/mol. The normalized spacial score (nSPS) is 10.3. The van der Waals surface area contributed by atoms with Crippen molar-refractivity contribution in [2.75, 3.05) is 11.9 Å². The van der Waals surface area contributed by atoms with E-state index in [9.17, 15) is 0 Å². The number of hydrogen-bond donors (Lipinski definition) is 1. The number of nitrogens with two attached hydrogens (primary N) is 1. The molecule has 0 unspecified atom stereocenters. The van der Waals surface area contributed by atoms with Gasteiger partial charge in [-0.2, -0.15) is 0 Å². The second kappa shape index (κ2) is 4.97. The molecule has 2 N–H and O–H groups in total. The molecule has 17 heavy (non-hydrogen) atoms. The molecule has 0 spiro atoms. The van der Waals surface area contributed by atoms with Crippen LogP contribution in [0.3, 0.4) is 0 Å². The minimum Gasteiger partial charge on any atom is -0.329 e. The van der Waals surface area contributed by atoms with Crippen LogP contribution in [0.4, 0.5) is 11.5 Å². The van der Waals surface area contributed by atoms with Crippen LogP contribution >= 0.6 is 0 Å². The van der Waals surface area contributed by atoms with Crippen LogP contribution in [0.25, 0.3) is 0 Å². The van der Waals surface area contributed by atoms with E-state index in [2.05, 4.69) is 28.1 Å². The van der Waals surface area contributed by atoms with Crippen LogP contribution in [0.1, 0.15) is 11.1 Å². The molecule has 0 aliphatic rings. The lowest BCUT2D eigenvalue weighted by atomic mass is 10.2. The Bertz CT molecular complexity index is 474. The first-order valence-corrected chi connectivity index (χ1v) is 5.66. The Morgan fingerprint density at radius 2 is 1.82 bits per heavy atom. The van der Waals surface area contributed by atoms with Gasteiger partial charge in [0.05, 0.1) is 0 Å². The lowest BCUT2D eigenvalue weighted by Gasteiger charge is -2.18. The summed E-state index contributed by atoms with van der Waals surface area (Å²) in [5, 5.41) is 0. The molecule has 3 heteroatoms. The van der Waals surface area contributed by atoms with E-state index in [-0.39, 0.29) is 0 Å². The van der Waals surface area contributed by atoms with Gasteiger partial charge in [0, 0.05) is 25.5 Å². The standard InChI is InChI=1S/C14H17N3/c1-11-3-8-14(16-10-11)17(2)13-6-4-12(9-15)5-7-13/h3-8,10H,9,15H2,1-2H3. The molecule has 0 fully saturated rings. The summed E-state index contributed by atoms with van der Waals surface area (Å²) in [5.41, 5.74) is 8.99. The number of rotatable bonds is 3. The number of anilines is 2. The highest BCUT2D eigenvalue weighted by molar-refractivity contribution is 5.59. The Labute approximate surface area is 102 Å². The zero-order valence-electron chi connectivity index (χ0n) is 10.2. The van der Waals surface area contributed by atoms with Crippen molar-refractivity contribution < 1.29 is 0 Å². The van der Waals surface area contributed by atoms with Gasteiger partial charge in [0.1, 0.15) is 5.82 Å². The first-order chi connectivity index (χ1) is 8.20. The summed E-state index contributed by atoms with van der Waals surface area (Å²) >= 11 is 0. The number of benzene rings is 1. The summed E-state index contributed by atoms with van der Waals surface area (Å²) in [4.78, 5) is 6.45. The van der Waals surface area contributed by atoms with Crippen molar-refractivity contribution in [3.05, 3.63) is 53.7 Å². The van der Waals surface area contributed by atoms with E-state index in [0.29, 0.717) is 6.54 Å². The molecule has 2 rings (SSSR count).